The number of carbonyl (C=O) groups excluding carboxylic acids is 2. The van der Waals surface area contributed by atoms with Gasteiger partial charge in [-0.1, -0.05) is 32.0 Å². The summed E-state index contributed by atoms with van der Waals surface area (Å²) in [6.45, 7) is 8.87. The van der Waals surface area contributed by atoms with Crippen LogP contribution < -0.4 is 0 Å². The number of nitrogens with zero attached hydrogens (tertiary/aromatic N) is 1. The minimum absolute atomic E-state index is 0.275. The van der Waals surface area contributed by atoms with Gasteiger partial charge in [-0.25, -0.2) is 4.79 Å². The first kappa shape index (κ1) is 19.4. The van der Waals surface area contributed by atoms with E-state index in [9.17, 15) is 9.59 Å². The lowest BCUT2D eigenvalue weighted by atomic mass is 9.93. The lowest BCUT2D eigenvalue weighted by Crippen LogP contribution is -2.49. The zero-order valence-corrected chi connectivity index (χ0v) is 15.4. The van der Waals surface area contributed by atoms with Gasteiger partial charge in [0.25, 0.3) is 0 Å². The van der Waals surface area contributed by atoms with Gasteiger partial charge < -0.3 is 14.4 Å². The molecule has 0 bridgehead atoms. The van der Waals surface area contributed by atoms with Gasteiger partial charge in [0.2, 0.25) is 0 Å². The molecule has 138 valence electrons. The molecule has 1 aromatic carbocycles. The Bertz CT molecular complexity index is 558. The van der Waals surface area contributed by atoms with Crippen molar-refractivity contribution in [3.63, 3.8) is 0 Å². The summed E-state index contributed by atoms with van der Waals surface area (Å²) in [5.74, 6) is -0.457. The Labute approximate surface area is 150 Å². The average Bonchev–Trinajstić information content (AvgIpc) is 2.61. The first-order valence-electron chi connectivity index (χ1n) is 9.16. The van der Waals surface area contributed by atoms with Gasteiger partial charge in [-0.3, -0.25) is 4.79 Å². The molecule has 2 rings (SSSR count). The number of hydrogen-bond donors (Lipinski definition) is 0. The van der Waals surface area contributed by atoms with Gasteiger partial charge in [-0.05, 0) is 44.4 Å². The van der Waals surface area contributed by atoms with Crippen molar-refractivity contribution < 1.29 is 19.1 Å². The summed E-state index contributed by atoms with van der Waals surface area (Å²) in [5.41, 5.74) is 0.507. The first-order valence-corrected chi connectivity index (χ1v) is 9.16. The van der Waals surface area contributed by atoms with Gasteiger partial charge in [-0.15, -0.1) is 0 Å². The molecule has 1 fully saturated rings. The number of likely N-dealkylation sites (tertiary alicyclic amines) is 1. The van der Waals surface area contributed by atoms with Crippen molar-refractivity contribution in [1.29, 1.82) is 0 Å². The third-order valence-electron chi connectivity index (χ3n) is 4.51. The molecule has 1 saturated heterocycles. The minimum Gasteiger partial charge on any atom is -0.466 e. The number of ether oxygens (including phenoxy) is 2. The summed E-state index contributed by atoms with van der Waals surface area (Å²) in [6.07, 6.45) is 1.31. The van der Waals surface area contributed by atoms with Crippen molar-refractivity contribution in [2.24, 2.45) is 11.8 Å². The smallest absolute Gasteiger partial charge is 0.338 e. The van der Waals surface area contributed by atoms with Gasteiger partial charge >= 0.3 is 11.9 Å². The van der Waals surface area contributed by atoms with E-state index in [1.54, 1.807) is 31.2 Å². The molecule has 0 aromatic heterocycles. The second-order valence-corrected chi connectivity index (χ2v) is 6.94. The van der Waals surface area contributed by atoms with E-state index in [1.807, 2.05) is 6.07 Å². The molecule has 0 spiro atoms. The van der Waals surface area contributed by atoms with Crippen LogP contribution in [0.15, 0.2) is 30.3 Å². The van der Waals surface area contributed by atoms with E-state index in [4.69, 9.17) is 9.47 Å². The number of benzene rings is 1. The van der Waals surface area contributed by atoms with Crippen LogP contribution in [-0.4, -0.2) is 49.2 Å². The lowest BCUT2D eigenvalue weighted by Gasteiger charge is -2.37. The van der Waals surface area contributed by atoms with Gasteiger partial charge in [-0.2, -0.15) is 0 Å². The highest BCUT2D eigenvalue weighted by molar-refractivity contribution is 5.89. The Hall–Kier alpha value is -1.88. The van der Waals surface area contributed by atoms with E-state index in [0.717, 1.165) is 19.5 Å². The van der Waals surface area contributed by atoms with Gasteiger partial charge in [0.1, 0.15) is 12.0 Å². The van der Waals surface area contributed by atoms with E-state index in [2.05, 4.69) is 18.7 Å². The summed E-state index contributed by atoms with van der Waals surface area (Å²) >= 11 is 0. The molecule has 5 heteroatoms. The SMILES string of the molecule is CCOC(=O)C1CN(CCC(C)C)CCC1OC(=O)c1ccccc1. The van der Waals surface area contributed by atoms with E-state index in [-0.39, 0.29) is 11.9 Å². The Balaban J connectivity index is 2.02. The van der Waals surface area contributed by atoms with E-state index < -0.39 is 12.0 Å². The van der Waals surface area contributed by atoms with Crippen LogP contribution in [0.5, 0.6) is 0 Å². The molecule has 1 aliphatic heterocycles. The molecule has 2 atom stereocenters. The number of piperidine rings is 1. The highest BCUT2D eigenvalue weighted by Gasteiger charge is 2.38. The highest BCUT2D eigenvalue weighted by atomic mass is 16.6. The molecule has 5 nitrogen and oxygen atoms in total. The quantitative estimate of drug-likeness (QED) is 0.709. The lowest BCUT2D eigenvalue weighted by molar-refractivity contribution is -0.155. The summed E-state index contributed by atoms with van der Waals surface area (Å²) in [7, 11) is 0. The fourth-order valence-electron chi connectivity index (χ4n) is 3.04. The topological polar surface area (TPSA) is 55.8 Å². The van der Waals surface area contributed by atoms with Crippen LogP contribution in [0.2, 0.25) is 0 Å². The van der Waals surface area contributed by atoms with Crippen LogP contribution >= 0.6 is 0 Å². The fourth-order valence-corrected chi connectivity index (χ4v) is 3.04. The standard InChI is InChI=1S/C20H29NO4/c1-4-24-20(23)17-14-21(12-10-15(2)3)13-11-18(17)25-19(22)16-8-6-5-7-9-16/h5-9,15,17-18H,4,10-14H2,1-3H3. The number of carbonyl (C=O) groups is 2. The molecule has 1 heterocycles. The Morgan fingerprint density at radius 3 is 2.60 bits per heavy atom. The number of rotatable bonds is 7. The van der Waals surface area contributed by atoms with Crippen molar-refractivity contribution >= 4 is 11.9 Å². The number of hydrogen-bond acceptors (Lipinski definition) is 5. The monoisotopic (exact) mass is 347 g/mol. The summed E-state index contributed by atoms with van der Waals surface area (Å²) in [6, 6.07) is 8.90. The predicted molar refractivity (Wildman–Crippen MR) is 96.3 cm³/mol. The third-order valence-corrected chi connectivity index (χ3v) is 4.51. The van der Waals surface area contributed by atoms with Crippen molar-refractivity contribution in [1.82, 2.24) is 4.90 Å². The average molecular weight is 347 g/mol. The zero-order chi connectivity index (χ0) is 18.2. The molecular formula is C20H29NO4. The normalized spacial score (nSPS) is 21.1. The Morgan fingerprint density at radius 1 is 1.24 bits per heavy atom. The highest BCUT2D eigenvalue weighted by Crippen LogP contribution is 2.23. The number of esters is 2. The van der Waals surface area contributed by atoms with Crippen molar-refractivity contribution in [2.75, 3.05) is 26.2 Å². The summed E-state index contributed by atoms with van der Waals surface area (Å²) in [5, 5.41) is 0. The second kappa shape index (κ2) is 9.56. The van der Waals surface area contributed by atoms with Crippen molar-refractivity contribution in [2.45, 2.75) is 39.7 Å². The van der Waals surface area contributed by atoms with Crippen LogP contribution in [0.25, 0.3) is 0 Å². The van der Waals surface area contributed by atoms with Crippen LogP contribution in [-0.2, 0) is 14.3 Å². The molecule has 1 aliphatic rings. The second-order valence-electron chi connectivity index (χ2n) is 6.94. The molecule has 2 unspecified atom stereocenters. The molecule has 0 N–H and O–H groups in total. The molecule has 0 aliphatic carbocycles. The maximum absolute atomic E-state index is 12.4. The van der Waals surface area contributed by atoms with Gasteiger partial charge in [0, 0.05) is 13.1 Å². The van der Waals surface area contributed by atoms with Gasteiger partial charge in [0.05, 0.1) is 12.2 Å². The van der Waals surface area contributed by atoms with Crippen LogP contribution in [0.3, 0.4) is 0 Å². The molecule has 1 aromatic rings. The maximum Gasteiger partial charge on any atom is 0.338 e. The van der Waals surface area contributed by atoms with E-state index in [0.29, 0.717) is 31.1 Å². The van der Waals surface area contributed by atoms with E-state index >= 15 is 0 Å². The van der Waals surface area contributed by atoms with E-state index in [1.165, 1.54) is 0 Å². The van der Waals surface area contributed by atoms with Crippen molar-refractivity contribution in [3.8, 4) is 0 Å². The molecule has 0 amide bonds. The van der Waals surface area contributed by atoms with Gasteiger partial charge in [0.15, 0.2) is 0 Å². The maximum atomic E-state index is 12.4. The van der Waals surface area contributed by atoms with Crippen LogP contribution in [0.1, 0.15) is 44.0 Å². The molecular weight excluding hydrogens is 318 g/mol. The predicted octanol–water partition coefficient (Wildman–Crippen LogP) is 3.14. The Kier molecular flexibility index (Phi) is 7.44. The first-order chi connectivity index (χ1) is 12.0. The Morgan fingerprint density at radius 2 is 1.96 bits per heavy atom. The van der Waals surface area contributed by atoms with Crippen molar-refractivity contribution in [3.05, 3.63) is 35.9 Å². The summed E-state index contributed by atoms with van der Waals surface area (Å²) < 4.78 is 10.9. The fraction of sp³-hybridized carbons (Fsp3) is 0.600. The molecule has 0 saturated carbocycles. The molecule has 25 heavy (non-hydrogen) atoms. The minimum atomic E-state index is -0.429. The zero-order valence-electron chi connectivity index (χ0n) is 15.4. The van der Waals surface area contributed by atoms with Crippen LogP contribution in [0, 0.1) is 11.8 Å². The summed E-state index contributed by atoms with van der Waals surface area (Å²) in [4.78, 5) is 27.0. The van der Waals surface area contributed by atoms with Crippen LogP contribution in [0.4, 0.5) is 0 Å². The third kappa shape index (κ3) is 5.85. The largest absolute Gasteiger partial charge is 0.466 e. The molecule has 0 radical (unpaired) electrons.